The Hall–Kier alpha value is -2.34. The number of amides is 1. The van der Waals surface area contributed by atoms with Gasteiger partial charge in [-0.25, -0.2) is 0 Å². The molecule has 138 valence electrons. The highest BCUT2D eigenvalue weighted by Gasteiger charge is 2.23. The van der Waals surface area contributed by atoms with E-state index in [4.69, 9.17) is 0 Å². The topological polar surface area (TPSA) is 53.4 Å². The first kappa shape index (κ1) is 17.1. The van der Waals surface area contributed by atoms with Gasteiger partial charge in [-0.15, -0.1) is 0 Å². The Morgan fingerprint density at radius 1 is 1.31 bits per heavy atom. The van der Waals surface area contributed by atoms with Crippen LogP contribution in [0.2, 0.25) is 0 Å². The predicted octanol–water partition coefficient (Wildman–Crippen LogP) is 2.07. The Bertz CT molecular complexity index is 799. The van der Waals surface area contributed by atoms with E-state index in [1.54, 1.807) is 13.1 Å². The maximum Gasteiger partial charge on any atom is 0.271 e. The van der Waals surface area contributed by atoms with Crippen molar-refractivity contribution in [2.75, 3.05) is 38.6 Å². The molecule has 0 aliphatic carbocycles. The van der Waals surface area contributed by atoms with Crippen LogP contribution in [-0.2, 0) is 13.0 Å². The van der Waals surface area contributed by atoms with Gasteiger partial charge in [0.25, 0.3) is 5.91 Å². The number of piperidine rings is 1. The molecule has 26 heavy (non-hydrogen) atoms. The average Bonchev–Trinajstić information content (AvgIpc) is 3.29. The molecule has 3 heterocycles. The SMILES string of the molecule is CNC(=O)c1ccn([C@@H]2CCCN(Cc3ccc4c(c3)CCN4C)C2)n1. The van der Waals surface area contributed by atoms with Crippen molar-refractivity contribution in [3.63, 3.8) is 0 Å². The lowest BCUT2D eigenvalue weighted by Crippen LogP contribution is -2.36. The highest BCUT2D eigenvalue weighted by Crippen LogP contribution is 2.29. The summed E-state index contributed by atoms with van der Waals surface area (Å²) in [7, 11) is 3.80. The molecule has 2 aliphatic rings. The zero-order chi connectivity index (χ0) is 18.1. The fourth-order valence-corrected chi connectivity index (χ4v) is 4.16. The number of anilines is 1. The maximum atomic E-state index is 11.7. The molecule has 0 radical (unpaired) electrons. The van der Waals surface area contributed by atoms with Gasteiger partial charge in [0.05, 0.1) is 6.04 Å². The largest absolute Gasteiger partial charge is 0.374 e. The zero-order valence-electron chi connectivity index (χ0n) is 15.6. The van der Waals surface area contributed by atoms with E-state index in [2.05, 4.69) is 45.5 Å². The number of rotatable bonds is 4. The number of fused-ring (bicyclic) bond motifs is 1. The van der Waals surface area contributed by atoms with Gasteiger partial charge in [-0.2, -0.15) is 5.10 Å². The summed E-state index contributed by atoms with van der Waals surface area (Å²) < 4.78 is 1.97. The van der Waals surface area contributed by atoms with Crippen molar-refractivity contribution in [2.24, 2.45) is 0 Å². The molecule has 2 aliphatic heterocycles. The smallest absolute Gasteiger partial charge is 0.271 e. The second-order valence-corrected chi connectivity index (χ2v) is 7.43. The molecule has 6 heteroatoms. The summed E-state index contributed by atoms with van der Waals surface area (Å²) in [5.41, 5.74) is 4.74. The first-order valence-electron chi connectivity index (χ1n) is 9.46. The quantitative estimate of drug-likeness (QED) is 0.914. The van der Waals surface area contributed by atoms with Crippen molar-refractivity contribution >= 4 is 11.6 Å². The minimum atomic E-state index is -0.125. The molecule has 0 bridgehead atoms. The summed E-state index contributed by atoms with van der Waals surface area (Å²) in [5.74, 6) is -0.125. The molecule has 1 aromatic carbocycles. The van der Waals surface area contributed by atoms with Crippen LogP contribution in [0.3, 0.4) is 0 Å². The molecule has 1 atom stereocenters. The third-order valence-corrected chi connectivity index (χ3v) is 5.60. The Morgan fingerprint density at radius 2 is 2.19 bits per heavy atom. The summed E-state index contributed by atoms with van der Waals surface area (Å²) in [6.07, 6.45) is 5.36. The number of carbonyl (C=O) groups is 1. The van der Waals surface area contributed by atoms with E-state index < -0.39 is 0 Å². The first-order valence-corrected chi connectivity index (χ1v) is 9.46. The van der Waals surface area contributed by atoms with Gasteiger partial charge in [-0.1, -0.05) is 12.1 Å². The number of nitrogens with one attached hydrogen (secondary N) is 1. The number of hydrogen-bond acceptors (Lipinski definition) is 4. The van der Waals surface area contributed by atoms with Crippen LogP contribution in [0.4, 0.5) is 5.69 Å². The maximum absolute atomic E-state index is 11.7. The lowest BCUT2D eigenvalue weighted by Gasteiger charge is -2.33. The van der Waals surface area contributed by atoms with Crippen LogP contribution in [-0.4, -0.2) is 54.3 Å². The van der Waals surface area contributed by atoms with E-state index in [1.165, 1.54) is 16.8 Å². The monoisotopic (exact) mass is 353 g/mol. The standard InChI is InChI=1S/C20H27N5O/c1-21-20(26)18-8-11-25(22-18)17-4-3-9-24(14-17)13-15-5-6-19-16(12-15)7-10-23(19)2/h5-6,8,11-12,17H,3-4,7,9-10,13-14H2,1-2H3,(H,21,26)/t17-/m1/s1. The van der Waals surface area contributed by atoms with Gasteiger partial charge < -0.3 is 10.2 Å². The second-order valence-electron chi connectivity index (χ2n) is 7.43. The van der Waals surface area contributed by atoms with Crippen LogP contribution in [0.1, 0.15) is 40.5 Å². The van der Waals surface area contributed by atoms with Crippen LogP contribution in [0.5, 0.6) is 0 Å². The number of aromatic nitrogens is 2. The van der Waals surface area contributed by atoms with E-state index in [9.17, 15) is 4.79 Å². The summed E-state index contributed by atoms with van der Waals surface area (Å²) in [5, 5.41) is 7.11. The Morgan fingerprint density at radius 3 is 3.04 bits per heavy atom. The molecule has 2 aromatic rings. The molecule has 1 amide bonds. The molecule has 1 aromatic heterocycles. The molecule has 6 nitrogen and oxygen atoms in total. The minimum absolute atomic E-state index is 0.125. The fourth-order valence-electron chi connectivity index (χ4n) is 4.16. The molecule has 1 N–H and O–H groups in total. The van der Waals surface area contributed by atoms with Crippen LogP contribution >= 0.6 is 0 Å². The number of likely N-dealkylation sites (N-methyl/N-ethyl adjacent to an activating group) is 1. The number of likely N-dealkylation sites (tertiary alicyclic amines) is 1. The summed E-state index contributed by atoms with van der Waals surface area (Å²) in [6.45, 7) is 4.21. The van der Waals surface area contributed by atoms with Crippen molar-refractivity contribution in [3.05, 3.63) is 47.3 Å². The lowest BCUT2D eigenvalue weighted by molar-refractivity contribution is 0.0955. The second kappa shape index (κ2) is 7.11. The Balaban J connectivity index is 1.42. The van der Waals surface area contributed by atoms with Gasteiger partial charge in [0.2, 0.25) is 0 Å². The fraction of sp³-hybridized carbons (Fsp3) is 0.500. The zero-order valence-corrected chi connectivity index (χ0v) is 15.6. The molecule has 0 spiro atoms. The molecule has 1 fully saturated rings. The van der Waals surface area contributed by atoms with Crippen LogP contribution < -0.4 is 10.2 Å². The van der Waals surface area contributed by atoms with Gasteiger partial charge in [-0.05, 0) is 49.1 Å². The van der Waals surface area contributed by atoms with E-state index in [0.717, 1.165) is 45.4 Å². The third-order valence-electron chi connectivity index (χ3n) is 5.60. The highest BCUT2D eigenvalue weighted by molar-refractivity contribution is 5.91. The minimum Gasteiger partial charge on any atom is -0.374 e. The summed E-state index contributed by atoms with van der Waals surface area (Å²) >= 11 is 0. The average molecular weight is 353 g/mol. The van der Waals surface area contributed by atoms with Gasteiger partial charge in [0.15, 0.2) is 0 Å². The van der Waals surface area contributed by atoms with Crippen molar-refractivity contribution < 1.29 is 4.79 Å². The van der Waals surface area contributed by atoms with E-state index in [0.29, 0.717) is 11.7 Å². The Labute approximate surface area is 154 Å². The molecular weight excluding hydrogens is 326 g/mol. The van der Waals surface area contributed by atoms with Crippen LogP contribution in [0.25, 0.3) is 0 Å². The summed E-state index contributed by atoms with van der Waals surface area (Å²) in [6, 6.07) is 9.04. The van der Waals surface area contributed by atoms with Crippen molar-refractivity contribution in [1.82, 2.24) is 20.0 Å². The van der Waals surface area contributed by atoms with Gasteiger partial charge >= 0.3 is 0 Å². The summed E-state index contributed by atoms with van der Waals surface area (Å²) in [4.78, 5) is 16.6. The molecule has 4 rings (SSSR count). The normalized spacial score (nSPS) is 20.2. The van der Waals surface area contributed by atoms with E-state index in [-0.39, 0.29) is 5.91 Å². The van der Waals surface area contributed by atoms with Gasteiger partial charge in [0, 0.05) is 45.6 Å². The lowest BCUT2D eigenvalue weighted by atomic mass is 10.0. The van der Waals surface area contributed by atoms with Gasteiger partial charge in [-0.3, -0.25) is 14.4 Å². The number of hydrogen-bond donors (Lipinski definition) is 1. The third kappa shape index (κ3) is 3.33. The van der Waals surface area contributed by atoms with Crippen molar-refractivity contribution in [2.45, 2.75) is 31.8 Å². The number of carbonyl (C=O) groups excluding carboxylic acids is 1. The van der Waals surface area contributed by atoms with Crippen molar-refractivity contribution in [3.8, 4) is 0 Å². The molecule has 0 saturated carbocycles. The first-order chi connectivity index (χ1) is 12.6. The number of benzene rings is 1. The predicted molar refractivity (Wildman–Crippen MR) is 103 cm³/mol. The molecule has 0 unspecified atom stereocenters. The van der Waals surface area contributed by atoms with Crippen LogP contribution in [0.15, 0.2) is 30.5 Å². The van der Waals surface area contributed by atoms with Crippen LogP contribution in [0, 0.1) is 0 Å². The molecule has 1 saturated heterocycles. The number of nitrogens with zero attached hydrogens (tertiary/aromatic N) is 4. The van der Waals surface area contributed by atoms with Gasteiger partial charge in [0.1, 0.15) is 5.69 Å². The highest BCUT2D eigenvalue weighted by atomic mass is 16.1. The molecular formula is C20H27N5O. The Kier molecular flexibility index (Phi) is 4.68. The van der Waals surface area contributed by atoms with Crippen molar-refractivity contribution in [1.29, 1.82) is 0 Å². The van der Waals surface area contributed by atoms with E-state index in [1.807, 2.05) is 10.9 Å². The van der Waals surface area contributed by atoms with E-state index >= 15 is 0 Å².